The molecule has 1 amide bonds. The molecule has 0 aromatic carbocycles. The van der Waals surface area contributed by atoms with Crippen LogP contribution in [-0.2, 0) is 0 Å². The quantitative estimate of drug-likeness (QED) is 0.855. The van der Waals surface area contributed by atoms with Crippen molar-refractivity contribution in [3.05, 3.63) is 42.4 Å². The predicted octanol–water partition coefficient (Wildman–Crippen LogP) is 1.97. The maximum absolute atomic E-state index is 12.3. The van der Waals surface area contributed by atoms with Gasteiger partial charge in [0.15, 0.2) is 0 Å². The van der Waals surface area contributed by atoms with Crippen LogP contribution in [0.4, 0.5) is 11.8 Å². The molecule has 0 aliphatic carbocycles. The molecule has 0 saturated carbocycles. The average molecular weight is 354 g/mol. The van der Waals surface area contributed by atoms with Gasteiger partial charge in [-0.15, -0.1) is 0 Å². The van der Waals surface area contributed by atoms with Crippen molar-refractivity contribution in [2.75, 3.05) is 42.5 Å². The van der Waals surface area contributed by atoms with E-state index in [9.17, 15) is 4.79 Å². The smallest absolute Gasteiger partial charge is 0.270 e. The highest BCUT2D eigenvalue weighted by Gasteiger charge is 2.20. The number of anilines is 2. The Morgan fingerprint density at radius 1 is 1.08 bits per heavy atom. The molecule has 0 bridgehead atoms. The summed E-state index contributed by atoms with van der Waals surface area (Å²) in [6.07, 6.45) is 4.43. The third-order valence-corrected chi connectivity index (χ3v) is 4.42. The minimum absolute atomic E-state index is 0.138. The van der Waals surface area contributed by atoms with Crippen LogP contribution in [-0.4, -0.2) is 53.6 Å². The first-order chi connectivity index (χ1) is 12.6. The number of nitrogens with zero attached hydrogens (tertiary/aromatic N) is 5. The van der Waals surface area contributed by atoms with Gasteiger partial charge < -0.3 is 15.1 Å². The largest absolute Gasteiger partial charge is 0.353 e. The average Bonchev–Trinajstić information content (AvgIpc) is 2.68. The van der Waals surface area contributed by atoms with E-state index in [1.54, 1.807) is 12.3 Å². The monoisotopic (exact) mass is 354 g/mol. The summed E-state index contributed by atoms with van der Waals surface area (Å²) < 4.78 is 0. The van der Waals surface area contributed by atoms with Crippen molar-refractivity contribution in [2.24, 2.45) is 5.92 Å². The highest BCUT2D eigenvalue weighted by Crippen LogP contribution is 2.16. The van der Waals surface area contributed by atoms with Crippen LogP contribution in [0.2, 0.25) is 0 Å². The number of carbonyl (C=O) groups is 1. The zero-order valence-corrected chi connectivity index (χ0v) is 15.4. The van der Waals surface area contributed by atoms with E-state index in [1.807, 2.05) is 24.4 Å². The van der Waals surface area contributed by atoms with Crippen molar-refractivity contribution in [2.45, 2.75) is 20.3 Å². The second-order valence-electron chi connectivity index (χ2n) is 6.84. The van der Waals surface area contributed by atoms with Gasteiger partial charge >= 0.3 is 0 Å². The normalized spacial score (nSPS) is 14.6. The van der Waals surface area contributed by atoms with Crippen molar-refractivity contribution in [3.63, 3.8) is 0 Å². The maximum atomic E-state index is 12.3. The Labute approximate surface area is 154 Å². The summed E-state index contributed by atoms with van der Waals surface area (Å²) >= 11 is 0. The third-order valence-electron chi connectivity index (χ3n) is 4.42. The lowest BCUT2D eigenvalue weighted by Gasteiger charge is -2.35. The molecule has 0 spiro atoms. The number of piperazine rings is 1. The van der Waals surface area contributed by atoms with Crippen LogP contribution in [0.1, 0.15) is 30.8 Å². The first-order valence-electron chi connectivity index (χ1n) is 9.15. The molecule has 0 radical (unpaired) electrons. The van der Waals surface area contributed by atoms with Gasteiger partial charge in [-0.05, 0) is 30.5 Å². The number of pyridine rings is 1. The summed E-state index contributed by atoms with van der Waals surface area (Å²) in [6, 6.07) is 7.61. The van der Waals surface area contributed by atoms with E-state index in [4.69, 9.17) is 0 Å². The molecule has 138 valence electrons. The number of rotatable bonds is 6. The van der Waals surface area contributed by atoms with Gasteiger partial charge in [0.25, 0.3) is 5.91 Å². The van der Waals surface area contributed by atoms with E-state index in [2.05, 4.69) is 43.9 Å². The topological polar surface area (TPSA) is 74.2 Å². The number of carbonyl (C=O) groups excluding carboxylic acids is 1. The standard InChI is InChI=1S/C19H26N6O/c1-15(2)6-9-21-18(26)16-7-10-22-19(23-16)25-13-11-24(12-14-25)17-5-3-4-8-20-17/h3-5,7-8,10,15H,6,9,11-14H2,1-2H3,(H,21,26). The van der Waals surface area contributed by atoms with Crippen molar-refractivity contribution >= 4 is 17.7 Å². The summed E-state index contributed by atoms with van der Waals surface area (Å²) in [5.41, 5.74) is 0.422. The van der Waals surface area contributed by atoms with Crippen LogP contribution < -0.4 is 15.1 Å². The van der Waals surface area contributed by atoms with E-state index >= 15 is 0 Å². The Balaban J connectivity index is 1.58. The molecule has 1 N–H and O–H groups in total. The van der Waals surface area contributed by atoms with Crippen LogP contribution in [0.25, 0.3) is 0 Å². The zero-order valence-electron chi connectivity index (χ0n) is 15.4. The molecule has 1 aliphatic heterocycles. The van der Waals surface area contributed by atoms with Crippen LogP contribution in [0.3, 0.4) is 0 Å². The van der Waals surface area contributed by atoms with E-state index in [0.717, 1.165) is 38.4 Å². The second kappa shape index (κ2) is 8.60. The molecule has 0 atom stereocenters. The Kier molecular flexibility index (Phi) is 5.99. The minimum Gasteiger partial charge on any atom is -0.353 e. The molecular weight excluding hydrogens is 328 g/mol. The van der Waals surface area contributed by atoms with E-state index in [1.165, 1.54) is 0 Å². The van der Waals surface area contributed by atoms with Crippen LogP contribution >= 0.6 is 0 Å². The van der Waals surface area contributed by atoms with Gasteiger partial charge in [0.05, 0.1) is 0 Å². The number of hydrogen-bond acceptors (Lipinski definition) is 6. The fourth-order valence-corrected chi connectivity index (χ4v) is 2.87. The van der Waals surface area contributed by atoms with Gasteiger partial charge in [-0.1, -0.05) is 19.9 Å². The molecule has 26 heavy (non-hydrogen) atoms. The number of amides is 1. The van der Waals surface area contributed by atoms with Crippen LogP contribution in [0, 0.1) is 5.92 Å². The lowest BCUT2D eigenvalue weighted by Crippen LogP contribution is -2.47. The van der Waals surface area contributed by atoms with E-state index in [-0.39, 0.29) is 5.91 Å². The van der Waals surface area contributed by atoms with E-state index in [0.29, 0.717) is 24.1 Å². The van der Waals surface area contributed by atoms with Gasteiger partial charge in [-0.25, -0.2) is 15.0 Å². The van der Waals surface area contributed by atoms with Gasteiger partial charge in [0, 0.05) is 45.1 Å². The molecule has 1 saturated heterocycles. The number of hydrogen-bond donors (Lipinski definition) is 1. The van der Waals surface area contributed by atoms with Crippen LogP contribution in [0.5, 0.6) is 0 Å². The van der Waals surface area contributed by atoms with Crippen LogP contribution in [0.15, 0.2) is 36.7 Å². The summed E-state index contributed by atoms with van der Waals surface area (Å²) in [4.78, 5) is 29.8. The van der Waals surface area contributed by atoms with Crippen molar-refractivity contribution in [3.8, 4) is 0 Å². The lowest BCUT2D eigenvalue weighted by atomic mass is 10.1. The highest BCUT2D eigenvalue weighted by molar-refractivity contribution is 5.92. The Morgan fingerprint density at radius 3 is 2.54 bits per heavy atom. The second-order valence-corrected chi connectivity index (χ2v) is 6.84. The molecule has 3 heterocycles. The summed E-state index contributed by atoms with van der Waals surface area (Å²) in [5, 5.41) is 2.92. The maximum Gasteiger partial charge on any atom is 0.270 e. The summed E-state index contributed by atoms with van der Waals surface area (Å²) in [7, 11) is 0. The van der Waals surface area contributed by atoms with Gasteiger partial charge in [-0.3, -0.25) is 4.79 Å². The summed E-state index contributed by atoms with van der Waals surface area (Å²) in [5.74, 6) is 2.03. The zero-order chi connectivity index (χ0) is 18.4. The van der Waals surface area contributed by atoms with E-state index < -0.39 is 0 Å². The molecule has 7 nitrogen and oxygen atoms in total. The molecule has 0 unspecified atom stereocenters. The van der Waals surface area contributed by atoms with Gasteiger partial charge in [0.1, 0.15) is 11.5 Å². The molecule has 3 rings (SSSR count). The molecule has 2 aromatic heterocycles. The van der Waals surface area contributed by atoms with Crippen molar-refractivity contribution in [1.82, 2.24) is 20.3 Å². The van der Waals surface area contributed by atoms with Gasteiger partial charge in [0.2, 0.25) is 5.95 Å². The third kappa shape index (κ3) is 4.68. The minimum atomic E-state index is -0.138. The molecule has 2 aromatic rings. The van der Waals surface area contributed by atoms with Crippen molar-refractivity contribution in [1.29, 1.82) is 0 Å². The number of aromatic nitrogens is 3. The molecule has 1 fully saturated rings. The molecule has 7 heteroatoms. The Morgan fingerprint density at radius 2 is 1.85 bits per heavy atom. The predicted molar refractivity (Wildman–Crippen MR) is 102 cm³/mol. The SMILES string of the molecule is CC(C)CCNC(=O)c1ccnc(N2CCN(c3ccccn3)CC2)n1. The molecular formula is C19H26N6O. The lowest BCUT2D eigenvalue weighted by molar-refractivity contribution is 0.0947. The first kappa shape index (κ1) is 18.1. The fraction of sp³-hybridized carbons (Fsp3) is 0.474. The first-order valence-corrected chi connectivity index (χ1v) is 9.15. The van der Waals surface area contributed by atoms with Crippen molar-refractivity contribution < 1.29 is 4.79 Å². The number of nitrogens with one attached hydrogen (secondary N) is 1. The Bertz CT molecular complexity index is 713. The fourth-order valence-electron chi connectivity index (χ4n) is 2.87. The van der Waals surface area contributed by atoms with Gasteiger partial charge in [-0.2, -0.15) is 0 Å². The highest BCUT2D eigenvalue weighted by atomic mass is 16.1. The Hall–Kier alpha value is -2.70. The summed E-state index contributed by atoms with van der Waals surface area (Å²) in [6.45, 7) is 8.25. The molecule has 1 aliphatic rings.